The molecule has 1 unspecified atom stereocenters. The van der Waals surface area contributed by atoms with Gasteiger partial charge in [-0.25, -0.2) is 0 Å². The number of pyridine rings is 1. The molecule has 0 aliphatic rings. The summed E-state index contributed by atoms with van der Waals surface area (Å²) in [5, 5.41) is 15.0. The summed E-state index contributed by atoms with van der Waals surface area (Å²) in [7, 11) is 1.95. The smallest absolute Gasteiger partial charge is 0.278 e. The minimum Gasteiger partial charge on any atom is -0.317 e. The first kappa shape index (κ1) is 14.4. The number of non-ortho nitro benzene ring substituents is 1. The molecule has 0 saturated carbocycles. The molecule has 0 aliphatic carbocycles. The first-order valence-corrected chi connectivity index (χ1v) is 6.85. The van der Waals surface area contributed by atoms with Crippen LogP contribution >= 0.6 is 0 Å². The summed E-state index contributed by atoms with van der Waals surface area (Å²) in [5.41, 5.74) is 1.91. The van der Waals surface area contributed by atoms with E-state index in [1.807, 2.05) is 13.1 Å². The Morgan fingerprint density at radius 1 is 1.40 bits per heavy atom. The normalized spacial score (nSPS) is 12.5. The Bertz CT molecular complexity index is 613. The van der Waals surface area contributed by atoms with Gasteiger partial charge in [0.15, 0.2) is 0 Å². The highest BCUT2D eigenvalue weighted by molar-refractivity contribution is 5.90. The second-order valence-electron chi connectivity index (χ2n) is 4.88. The number of nitro benzene ring substituents is 1. The summed E-state index contributed by atoms with van der Waals surface area (Å²) >= 11 is 0. The van der Waals surface area contributed by atoms with Crippen LogP contribution in [-0.4, -0.2) is 23.0 Å². The van der Waals surface area contributed by atoms with Crippen molar-refractivity contribution in [2.75, 3.05) is 7.05 Å². The van der Waals surface area contributed by atoms with Crippen molar-refractivity contribution in [1.82, 2.24) is 10.3 Å². The average Bonchev–Trinajstić information content (AvgIpc) is 2.46. The van der Waals surface area contributed by atoms with Gasteiger partial charge >= 0.3 is 0 Å². The maximum absolute atomic E-state index is 11.1. The van der Waals surface area contributed by atoms with Gasteiger partial charge in [-0.1, -0.05) is 13.3 Å². The number of nitrogens with one attached hydrogen (secondary N) is 1. The van der Waals surface area contributed by atoms with Crippen LogP contribution in [0.4, 0.5) is 5.69 Å². The standard InChI is InChI=1S/C15H19N3O2/c1-3-5-12(16-2)10-11-7-8-14(18(19)20)13-6-4-9-17-15(11)13/h4,6-9,12,16H,3,5,10H2,1-2H3. The second-order valence-corrected chi connectivity index (χ2v) is 4.88. The van der Waals surface area contributed by atoms with Gasteiger partial charge in [0, 0.05) is 18.3 Å². The lowest BCUT2D eigenvalue weighted by Gasteiger charge is -2.16. The van der Waals surface area contributed by atoms with Crippen molar-refractivity contribution in [2.24, 2.45) is 0 Å². The molecule has 106 valence electrons. The van der Waals surface area contributed by atoms with E-state index in [0.717, 1.165) is 30.3 Å². The number of benzene rings is 1. The van der Waals surface area contributed by atoms with Crippen molar-refractivity contribution in [3.05, 3.63) is 46.1 Å². The molecule has 1 aromatic heterocycles. The van der Waals surface area contributed by atoms with E-state index in [2.05, 4.69) is 17.2 Å². The number of nitrogens with zero attached hydrogens (tertiary/aromatic N) is 2. The molecule has 2 aromatic rings. The number of fused-ring (bicyclic) bond motifs is 1. The third-order valence-corrected chi connectivity index (χ3v) is 3.54. The summed E-state index contributed by atoms with van der Waals surface area (Å²) in [6.45, 7) is 2.15. The maximum Gasteiger partial charge on any atom is 0.278 e. The van der Waals surface area contributed by atoms with E-state index in [0.29, 0.717) is 11.4 Å². The van der Waals surface area contributed by atoms with Gasteiger partial charge in [-0.05, 0) is 43.7 Å². The Morgan fingerprint density at radius 2 is 2.20 bits per heavy atom. The summed E-state index contributed by atoms with van der Waals surface area (Å²) < 4.78 is 0. The van der Waals surface area contributed by atoms with Crippen molar-refractivity contribution in [3.63, 3.8) is 0 Å². The van der Waals surface area contributed by atoms with E-state index in [1.165, 1.54) is 0 Å². The molecule has 0 spiro atoms. The summed E-state index contributed by atoms with van der Waals surface area (Å²) in [6, 6.07) is 7.27. The van der Waals surface area contributed by atoms with Gasteiger partial charge in [-0.2, -0.15) is 0 Å². The topological polar surface area (TPSA) is 68.1 Å². The zero-order valence-electron chi connectivity index (χ0n) is 11.8. The van der Waals surface area contributed by atoms with Gasteiger partial charge in [0.2, 0.25) is 0 Å². The summed E-state index contributed by atoms with van der Waals surface area (Å²) in [5.74, 6) is 0. The fraction of sp³-hybridized carbons (Fsp3) is 0.400. The molecular weight excluding hydrogens is 254 g/mol. The van der Waals surface area contributed by atoms with Gasteiger partial charge in [0.25, 0.3) is 5.69 Å². The molecule has 1 aromatic carbocycles. The number of hydrogen-bond donors (Lipinski definition) is 1. The van der Waals surface area contributed by atoms with Crippen molar-refractivity contribution < 1.29 is 4.92 Å². The fourth-order valence-corrected chi connectivity index (χ4v) is 2.50. The van der Waals surface area contributed by atoms with Crippen molar-refractivity contribution in [3.8, 4) is 0 Å². The van der Waals surface area contributed by atoms with Crippen LogP contribution in [0, 0.1) is 10.1 Å². The molecule has 1 N–H and O–H groups in total. The number of nitro groups is 1. The Morgan fingerprint density at radius 3 is 2.85 bits per heavy atom. The van der Waals surface area contributed by atoms with E-state index >= 15 is 0 Å². The lowest BCUT2D eigenvalue weighted by atomic mass is 9.99. The Hall–Kier alpha value is -2.01. The van der Waals surface area contributed by atoms with Crippen LogP contribution < -0.4 is 5.32 Å². The zero-order chi connectivity index (χ0) is 14.5. The minimum absolute atomic E-state index is 0.119. The highest BCUT2D eigenvalue weighted by Gasteiger charge is 2.16. The van der Waals surface area contributed by atoms with Gasteiger partial charge in [-0.15, -0.1) is 0 Å². The monoisotopic (exact) mass is 273 g/mol. The molecule has 0 radical (unpaired) electrons. The van der Waals surface area contributed by atoms with Gasteiger partial charge < -0.3 is 5.32 Å². The first-order chi connectivity index (χ1) is 9.67. The van der Waals surface area contributed by atoms with Crippen LogP contribution in [0.15, 0.2) is 30.5 Å². The molecular formula is C15H19N3O2. The van der Waals surface area contributed by atoms with E-state index < -0.39 is 0 Å². The lowest BCUT2D eigenvalue weighted by molar-refractivity contribution is -0.383. The highest BCUT2D eigenvalue weighted by Crippen LogP contribution is 2.27. The van der Waals surface area contributed by atoms with E-state index in [4.69, 9.17) is 0 Å². The molecule has 1 heterocycles. The third-order valence-electron chi connectivity index (χ3n) is 3.54. The van der Waals surface area contributed by atoms with Crippen molar-refractivity contribution in [2.45, 2.75) is 32.2 Å². The van der Waals surface area contributed by atoms with Crippen molar-refractivity contribution >= 4 is 16.6 Å². The number of aromatic nitrogens is 1. The Balaban J connectivity index is 2.45. The fourth-order valence-electron chi connectivity index (χ4n) is 2.50. The molecule has 0 amide bonds. The van der Waals surface area contributed by atoms with E-state index in [9.17, 15) is 10.1 Å². The van der Waals surface area contributed by atoms with Gasteiger partial charge in [0.05, 0.1) is 15.8 Å². The van der Waals surface area contributed by atoms with Crippen LogP contribution in [0.5, 0.6) is 0 Å². The quantitative estimate of drug-likeness (QED) is 0.648. The molecule has 5 heteroatoms. The van der Waals surface area contributed by atoms with Gasteiger partial charge in [0.1, 0.15) is 0 Å². The average molecular weight is 273 g/mol. The van der Waals surface area contributed by atoms with E-state index in [1.54, 1.807) is 24.4 Å². The molecule has 0 fully saturated rings. The summed E-state index contributed by atoms with van der Waals surface area (Å²) in [4.78, 5) is 15.1. The predicted octanol–water partition coefficient (Wildman–Crippen LogP) is 3.07. The maximum atomic E-state index is 11.1. The first-order valence-electron chi connectivity index (χ1n) is 6.85. The molecule has 1 atom stereocenters. The third kappa shape index (κ3) is 2.93. The van der Waals surface area contributed by atoms with Crippen molar-refractivity contribution in [1.29, 1.82) is 0 Å². The Kier molecular flexibility index (Phi) is 4.63. The molecule has 2 rings (SSSR count). The molecule has 0 aliphatic heterocycles. The number of hydrogen-bond acceptors (Lipinski definition) is 4. The van der Waals surface area contributed by atoms with Crippen LogP contribution in [0.3, 0.4) is 0 Å². The Labute approximate surface area is 118 Å². The van der Waals surface area contributed by atoms with Crippen LogP contribution in [0.1, 0.15) is 25.3 Å². The van der Waals surface area contributed by atoms with Crippen LogP contribution in [-0.2, 0) is 6.42 Å². The number of rotatable bonds is 6. The number of likely N-dealkylation sites (N-methyl/N-ethyl adjacent to an activating group) is 1. The molecule has 5 nitrogen and oxygen atoms in total. The lowest BCUT2D eigenvalue weighted by Crippen LogP contribution is -2.27. The largest absolute Gasteiger partial charge is 0.317 e. The zero-order valence-corrected chi connectivity index (χ0v) is 11.8. The predicted molar refractivity (Wildman–Crippen MR) is 79.9 cm³/mol. The molecule has 0 saturated heterocycles. The van der Waals surface area contributed by atoms with E-state index in [-0.39, 0.29) is 10.6 Å². The highest BCUT2D eigenvalue weighted by atomic mass is 16.6. The molecule has 20 heavy (non-hydrogen) atoms. The van der Waals surface area contributed by atoms with Crippen LogP contribution in [0.2, 0.25) is 0 Å². The van der Waals surface area contributed by atoms with Crippen LogP contribution in [0.25, 0.3) is 10.9 Å². The van der Waals surface area contributed by atoms with Gasteiger partial charge in [-0.3, -0.25) is 15.1 Å². The molecule has 0 bridgehead atoms. The minimum atomic E-state index is -0.352. The second kappa shape index (κ2) is 6.43. The summed E-state index contributed by atoms with van der Waals surface area (Å²) in [6.07, 6.45) is 4.69. The SMILES string of the molecule is CCCC(Cc1ccc([N+](=O)[O-])c2cccnc12)NC.